The van der Waals surface area contributed by atoms with E-state index in [1.54, 1.807) is 0 Å². The van der Waals surface area contributed by atoms with Crippen LogP contribution in [0.1, 0.15) is 38.8 Å². The molecule has 6 aromatic rings. The molecular weight excluding hydrogens is 743 g/mol. The van der Waals surface area contributed by atoms with Gasteiger partial charge in [0.25, 0.3) is 0 Å². The van der Waals surface area contributed by atoms with Gasteiger partial charge in [0.15, 0.2) is 0 Å². The van der Waals surface area contributed by atoms with E-state index < -0.39 is 26.8 Å². The van der Waals surface area contributed by atoms with Crippen molar-refractivity contribution in [2.24, 2.45) is 11.8 Å². The molecule has 0 nitrogen and oxygen atoms in total. The molecule has 8 rings (SSSR count). The van der Waals surface area contributed by atoms with Gasteiger partial charge in [-0.1, -0.05) is 0 Å². The van der Waals surface area contributed by atoms with Gasteiger partial charge in [0.1, 0.15) is 0 Å². The third-order valence-corrected chi connectivity index (χ3v) is 30.6. The van der Waals surface area contributed by atoms with Gasteiger partial charge < -0.3 is 0 Å². The van der Waals surface area contributed by atoms with Gasteiger partial charge in [0.05, 0.1) is 0 Å². The Labute approximate surface area is 318 Å². The summed E-state index contributed by atoms with van der Waals surface area (Å²) in [5.41, 5.74) is 2.65. The normalized spacial score (nSPS) is 19.2. The predicted octanol–water partition coefficient (Wildman–Crippen LogP) is 9.13. The maximum atomic E-state index is 2.71. The molecule has 2 atom stereocenters. The molecule has 0 heterocycles. The molecule has 0 radical (unpaired) electrons. The van der Waals surface area contributed by atoms with Gasteiger partial charge in [-0.2, -0.15) is 0 Å². The summed E-state index contributed by atoms with van der Waals surface area (Å²) in [6.45, 7) is 15.4. The summed E-state index contributed by atoms with van der Waals surface area (Å²) in [5.74, 6) is -0.437. The molecule has 4 heteroatoms. The van der Waals surface area contributed by atoms with Crippen molar-refractivity contribution < 1.29 is 20.9 Å². The fourth-order valence-electron chi connectivity index (χ4n) is 9.35. The van der Waals surface area contributed by atoms with Crippen molar-refractivity contribution in [1.82, 2.24) is 0 Å². The van der Waals surface area contributed by atoms with E-state index in [2.05, 4.69) is 186 Å². The molecule has 0 aliphatic heterocycles. The van der Waals surface area contributed by atoms with Crippen LogP contribution in [0.2, 0.25) is 13.1 Å². The average molecular weight is 790 g/mol. The van der Waals surface area contributed by atoms with Crippen LogP contribution in [0.3, 0.4) is 0 Å². The van der Waals surface area contributed by atoms with Crippen molar-refractivity contribution in [2.75, 3.05) is 0 Å². The minimum atomic E-state index is -2.74. The van der Waals surface area contributed by atoms with Gasteiger partial charge in [-0.25, -0.2) is 0 Å². The van der Waals surface area contributed by atoms with Crippen LogP contribution < -0.4 is 20.9 Å². The van der Waals surface area contributed by atoms with E-state index in [9.17, 15) is 0 Å². The molecule has 2 unspecified atom stereocenters. The van der Waals surface area contributed by atoms with E-state index in [1.165, 1.54) is 53.5 Å². The molecule has 2 aliphatic rings. The third kappa shape index (κ3) is 5.40. The SMILES string of the molecule is CC(C)C1(c2cccc3ccccc23)C=c2ccccc2=[C]1[Zr]([C]1=c2ccccc2=CC1(c1cccc2ccccc12)C(C)C)[SiH](C)C.Cl.Cl. The number of benzene rings is 6. The Kier molecular flexibility index (Phi) is 10.4. The standard InChI is InChI=1S/2C22H19.C2H7Si.2ClH.Zr/c2*1-16(2)22(14-18-9-3-4-10-19(18)15-22)21-13-7-11-17-8-5-6-12-20(17)21;1-3-2;;;/h2*3-14,16H,1-2H3;3H,1-2H3;2*1H;. The average Bonchev–Trinajstić information content (AvgIpc) is 3.63. The van der Waals surface area contributed by atoms with Gasteiger partial charge in [0, 0.05) is 0 Å². The summed E-state index contributed by atoms with van der Waals surface area (Å²) in [4.78, 5) is 0. The third-order valence-electron chi connectivity index (χ3n) is 11.5. The van der Waals surface area contributed by atoms with E-state index in [0.717, 1.165) is 0 Å². The van der Waals surface area contributed by atoms with Gasteiger partial charge in [-0.15, -0.1) is 24.8 Å². The molecule has 0 amide bonds. The zero-order chi connectivity index (χ0) is 33.2. The number of fused-ring (bicyclic) bond motifs is 4. The Hall–Kier alpha value is -3.00. The molecule has 0 N–H and O–H groups in total. The largest absolute Gasteiger partial charge is 0.147 e. The topological polar surface area (TPSA) is 0 Å². The molecule has 0 bridgehead atoms. The van der Waals surface area contributed by atoms with Crippen LogP contribution in [-0.2, 0) is 31.7 Å². The second-order valence-electron chi connectivity index (χ2n) is 14.9. The first-order chi connectivity index (χ1) is 23.3. The van der Waals surface area contributed by atoms with Gasteiger partial charge in [0.2, 0.25) is 0 Å². The fourth-order valence-corrected chi connectivity index (χ4v) is 31.5. The molecule has 6 aromatic carbocycles. The van der Waals surface area contributed by atoms with E-state index in [1.807, 2.05) is 6.56 Å². The monoisotopic (exact) mass is 787 g/mol. The molecule has 0 saturated heterocycles. The Morgan fingerprint density at radius 3 is 1.22 bits per heavy atom. The predicted molar refractivity (Wildman–Crippen MR) is 221 cm³/mol. The zero-order valence-corrected chi connectivity index (χ0v) is 35.2. The molecule has 0 spiro atoms. The summed E-state index contributed by atoms with van der Waals surface area (Å²) in [6, 6.07) is 51.2. The van der Waals surface area contributed by atoms with Crippen molar-refractivity contribution in [3.05, 3.63) is 165 Å². The minimum Gasteiger partial charge on any atom is -0.147 e. The van der Waals surface area contributed by atoms with Crippen LogP contribution in [-0.4, -0.2) is 5.92 Å². The summed E-state index contributed by atoms with van der Waals surface area (Å²) < 4.78 is 3.64. The van der Waals surface area contributed by atoms with Gasteiger partial charge >= 0.3 is 296 Å². The van der Waals surface area contributed by atoms with Crippen LogP contribution in [0.15, 0.2) is 133 Å². The Bertz CT molecular complexity index is 2300. The smallest absolute Gasteiger partial charge is 0.147 e. The van der Waals surface area contributed by atoms with Crippen molar-refractivity contribution in [3.63, 3.8) is 0 Å². The van der Waals surface area contributed by atoms with Crippen LogP contribution in [0.5, 0.6) is 0 Å². The molecular formula is C46H47Cl2SiZr. The van der Waals surface area contributed by atoms with Gasteiger partial charge in [-0.3, -0.25) is 0 Å². The van der Waals surface area contributed by atoms with Crippen LogP contribution in [0.25, 0.3) is 40.3 Å². The second-order valence-corrected chi connectivity index (χ2v) is 33.6. The first-order valence-electron chi connectivity index (χ1n) is 17.8. The van der Waals surface area contributed by atoms with E-state index in [-0.39, 0.29) is 35.6 Å². The molecule has 50 heavy (non-hydrogen) atoms. The van der Waals surface area contributed by atoms with E-state index in [4.69, 9.17) is 0 Å². The molecule has 0 aromatic heterocycles. The summed E-state index contributed by atoms with van der Waals surface area (Å²) >= 11 is -2.74. The molecule has 2 aliphatic carbocycles. The van der Waals surface area contributed by atoms with Gasteiger partial charge in [-0.05, 0) is 0 Å². The fraction of sp³-hybridized carbons (Fsp3) is 0.217. The van der Waals surface area contributed by atoms with Crippen molar-refractivity contribution >= 4 is 71.0 Å². The Morgan fingerprint density at radius 1 is 0.460 bits per heavy atom. The summed E-state index contributed by atoms with van der Waals surface area (Å²) in [7, 11) is 0. The zero-order valence-electron chi connectivity index (χ0n) is 29.9. The van der Waals surface area contributed by atoms with Crippen molar-refractivity contribution in [3.8, 4) is 0 Å². The Morgan fingerprint density at radius 2 is 0.820 bits per heavy atom. The molecule has 0 saturated carbocycles. The maximum Gasteiger partial charge on any atom is -0.147 e. The first-order valence-corrected chi connectivity index (χ1v) is 27.4. The number of hydrogen-bond acceptors (Lipinski definition) is 0. The Balaban J connectivity index is 0.00000216. The van der Waals surface area contributed by atoms with Crippen LogP contribution in [0, 0.1) is 11.8 Å². The van der Waals surface area contributed by atoms with Crippen LogP contribution in [0.4, 0.5) is 0 Å². The quantitative estimate of drug-likeness (QED) is 0.142. The number of rotatable bonds is 7. The second kappa shape index (κ2) is 14.2. The van der Waals surface area contributed by atoms with E-state index in [0.29, 0.717) is 11.8 Å². The van der Waals surface area contributed by atoms with Crippen LogP contribution >= 0.6 is 24.8 Å². The maximum absolute atomic E-state index is 2.74. The first kappa shape index (κ1) is 36.8. The molecule has 253 valence electrons. The van der Waals surface area contributed by atoms with Crippen molar-refractivity contribution in [1.29, 1.82) is 0 Å². The minimum absolute atomic E-state index is 0. The summed E-state index contributed by atoms with van der Waals surface area (Å²) in [5, 5.41) is 11.4. The number of hydrogen-bond donors (Lipinski definition) is 0. The number of halogens is 2. The van der Waals surface area contributed by atoms with E-state index >= 15 is 0 Å². The molecule has 0 fully saturated rings. The van der Waals surface area contributed by atoms with Crippen molar-refractivity contribution in [2.45, 2.75) is 51.6 Å². The summed E-state index contributed by atoms with van der Waals surface area (Å²) in [6.07, 6.45) is 5.42.